The Kier molecular flexibility index (Phi) is 4.04. The number of para-hydroxylation sites is 1. The average Bonchev–Trinajstić information content (AvgIpc) is 2.32. The molecule has 2 rings (SSSR count). The smallest absolute Gasteiger partial charge is 0.134 e. The number of benzene rings is 2. The number of aliphatic hydroxyl groups is 1. The zero-order valence-electron chi connectivity index (χ0n) is 10.4. The summed E-state index contributed by atoms with van der Waals surface area (Å²) in [5, 5.41) is 9.75. The Morgan fingerprint density at radius 2 is 1.83 bits per heavy atom. The molecule has 1 N–H and O–H groups in total. The summed E-state index contributed by atoms with van der Waals surface area (Å²) in [4.78, 5) is 0. The summed E-state index contributed by atoms with van der Waals surface area (Å²) >= 11 is 3.42. The van der Waals surface area contributed by atoms with E-state index in [1.807, 2.05) is 49.4 Å². The predicted molar refractivity (Wildman–Crippen MR) is 76.0 cm³/mol. The first-order valence-electron chi connectivity index (χ1n) is 5.79. The minimum absolute atomic E-state index is 0.558. The van der Waals surface area contributed by atoms with Crippen molar-refractivity contribution in [2.45, 2.75) is 20.0 Å². The molecule has 2 aromatic rings. The molecule has 0 aliphatic carbocycles. The lowest BCUT2D eigenvalue weighted by atomic mass is 10.1. The first-order valence-corrected chi connectivity index (χ1v) is 6.58. The molecule has 3 heteroatoms. The summed E-state index contributed by atoms with van der Waals surface area (Å²) in [5.41, 5.74) is 1.84. The van der Waals surface area contributed by atoms with Gasteiger partial charge in [0.15, 0.2) is 0 Å². The van der Waals surface area contributed by atoms with Gasteiger partial charge in [-0.1, -0.05) is 40.2 Å². The average molecular weight is 307 g/mol. The fraction of sp³-hybridized carbons (Fsp3) is 0.200. The summed E-state index contributed by atoms with van der Waals surface area (Å²) in [6.07, 6.45) is -0.558. The fourth-order valence-electron chi connectivity index (χ4n) is 1.73. The number of halogens is 1. The van der Waals surface area contributed by atoms with Crippen molar-refractivity contribution in [2.24, 2.45) is 0 Å². The van der Waals surface area contributed by atoms with Crippen LogP contribution in [0.25, 0.3) is 0 Å². The molecular weight excluding hydrogens is 292 g/mol. The molecule has 1 atom stereocenters. The standard InChI is InChI=1S/C15H15BrO2/c1-10-5-3-4-6-14(10)18-15-9-12(16)7-8-13(15)11(2)17/h3-9,11,17H,1-2H3. The van der Waals surface area contributed by atoms with Crippen LogP contribution in [0.15, 0.2) is 46.9 Å². The number of aliphatic hydroxyl groups excluding tert-OH is 1. The highest BCUT2D eigenvalue weighted by molar-refractivity contribution is 9.10. The molecule has 18 heavy (non-hydrogen) atoms. The van der Waals surface area contributed by atoms with Crippen LogP contribution in [0.4, 0.5) is 0 Å². The second kappa shape index (κ2) is 5.55. The van der Waals surface area contributed by atoms with Crippen molar-refractivity contribution >= 4 is 15.9 Å². The largest absolute Gasteiger partial charge is 0.457 e. The second-order valence-corrected chi connectivity index (χ2v) is 5.14. The molecule has 0 radical (unpaired) electrons. The van der Waals surface area contributed by atoms with Crippen molar-refractivity contribution in [2.75, 3.05) is 0 Å². The maximum Gasteiger partial charge on any atom is 0.134 e. The molecule has 0 aliphatic heterocycles. The maximum atomic E-state index is 9.75. The molecule has 2 nitrogen and oxygen atoms in total. The van der Waals surface area contributed by atoms with Crippen LogP contribution in [0.3, 0.4) is 0 Å². The minimum atomic E-state index is -0.558. The topological polar surface area (TPSA) is 29.5 Å². The van der Waals surface area contributed by atoms with E-state index in [0.29, 0.717) is 5.75 Å². The normalized spacial score (nSPS) is 12.2. The molecule has 0 amide bonds. The molecule has 0 saturated carbocycles. The Balaban J connectivity index is 2.39. The third-order valence-electron chi connectivity index (χ3n) is 2.74. The maximum absolute atomic E-state index is 9.75. The Bertz CT molecular complexity index is 550. The molecule has 0 spiro atoms. The Morgan fingerprint density at radius 1 is 1.11 bits per heavy atom. The third kappa shape index (κ3) is 2.92. The predicted octanol–water partition coefficient (Wildman–Crippen LogP) is 4.60. The minimum Gasteiger partial charge on any atom is -0.457 e. The summed E-state index contributed by atoms with van der Waals surface area (Å²) in [6.45, 7) is 3.73. The van der Waals surface area contributed by atoms with Gasteiger partial charge in [0.05, 0.1) is 6.10 Å². The van der Waals surface area contributed by atoms with Gasteiger partial charge in [0.1, 0.15) is 11.5 Å². The molecule has 2 aromatic carbocycles. The first kappa shape index (κ1) is 13.1. The van der Waals surface area contributed by atoms with E-state index in [1.54, 1.807) is 6.92 Å². The lowest BCUT2D eigenvalue weighted by Crippen LogP contribution is -1.97. The van der Waals surface area contributed by atoms with Crippen LogP contribution in [-0.2, 0) is 0 Å². The van der Waals surface area contributed by atoms with E-state index >= 15 is 0 Å². The quantitative estimate of drug-likeness (QED) is 0.897. The van der Waals surface area contributed by atoms with Gasteiger partial charge in [-0.3, -0.25) is 0 Å². The third-order valence-corrected chi connectivity index (χ3v) is 3.23. The fourth-order valence-corrected chi connectivity index (χ4v) is 2.07. The molecule has 0 fully saturated rings. The summed E-state index contributed by atoms with van der Waals surface area (Å²) in [5.74, 6) is 1.48. The number of hydrogen-bond donors (Lipinski definition) is 1. The lowest BCUT2D eigenvalue weighted by molar-refractivity contribution is 0.195. The van der Waals surface area contributed by atoms with E-state index in [0.717, 1.165) is 21.3 Å². The monoisotopic (exact) mass is 306 g/mol. The summed E-state index contributed by atoms with van der Waals surface area (Å²) in [7, 11) is 0. The number of rotatable bonds is 3. The van der Waals surface area contributed by atoms with E-state index < -0.39 is 6.10 Å². The van der Waals surface area contributed by atoms with Crippen LogP contribution in [-0.4, -0.2) is 5.11 Å². The number of aryl methyl sites for hydroxylation is 1. The van der Waals surface area contributed by atoms with Crippen molar-refractivity contribution in [1.82, 2.24) is 0 Å². The van der Waals surface area contributed by atoms with Crippen molar-refractivity contribution < 1.29 is 9.84 Å². The molecule has 0 bridgehead atoms. The van der Waals surface area contributed by atoms with Crippen LogP contribution in [0.5, 0.6) is 11.5 Å². The zero-order chi connectivity index (χ0) is 13.1. The van der Waals surface area contributed by atoms with Gasteiger partial charge in [-0.15, -0.1) is 0 Å². The van der Waals surface area contributed by atoms with Crippen LogP contribution in [0, 0.1) is 6.92 Å². The van der Waals surface area contributed by atoms with Crippen LogP contribution in [0.2, 0.25) is 0 Å². The van der Waals surface area contributed by atoms with Gasteiger partial charge >= 0.3 is 0 Å². The van der Waals surface area contributed by atoms with Gasteiger partial charge in [0, 0.05) is 10.0 Å². The van der Waals surface area contributed by atoms with Gasteiger partial charge in [-0.2, -0.15) is 0 Å². The Morgan fingerprint density at radius 3 is 2.50 bits per heavy atom. The summed E-state index contributed by atoms with van der Waals surface area (Å²) < 4.78 is 6.82. The first-order chi connectivity index (χ1) is 8.58. The van der Waals surface area contributed by atoms with E-state index in [9.17, 15) is 5.11 Å². The second-order valence-electron chi connectivity index (χ2n) is 4.23. The highest BCUT2D eigenvalue weighted by atomic mass is 79.9. The SMILES string of the molecule is Cc1ccccc1Oc1cc(Br)ccc1C(C)O. The van der Waals surface area contributed by atoms with Gasteiger partial charge in [-0.25, -0.2) is 0 Å². The zero-order valence-corrected chi connectivity index (χ0v) is 11.9. The van der Waals surface area contributed by atoms with Gasteiger partial charge in [-0.05, 0) is 37.6 Å². The van der Waals surface area contributed by atoms with Gasteiger partial charge in [0.25, 0.3) is 0 Å². The van der Waals surface area contributed by atoms with Crippen LogP contribution >= 0.6 is 15.9 Å². The van der Waals surface area contributed by atoms with E-state index in [4.69, 9.17) is 4.74 Å². The van der Waals surface area contributed by atoms with E-state index in [-0.39, 0.29) is 0 Å². The number of ether oxygens (including phenoxy) is 1. The number of hydrogen-bond acceptors (Lipinski definition) is 2. The molecule has 94 valence electrons. The molecule has 0 aliphatic rings. The molecular formula is C15H15BrO2. The van der Waals surface area contributed by atoms with Crippen LogP contribution < -0.4 is 4.74 Å². The highest BCUT2D eigenvalue weighted by Crippen LogP contribution is 2.33. The summed E-state index contributed by atoms with van der Waals surface area (Å²) in [6, 6.07) is 13.4. The van der Waals surface area contributed by atoms with Crippen molar-refractivity contribution in [1.29, 1.82) is 0 Å². The molecule has 1 unspecified atom stereocenters. The highest BCUT2D eigenvalue weighted by Gasteiger charge is 2.11. The van der Waals surface area contributed by atoms with Crippen molar-refractivity contribution in [3.63, 3.8) is 0 Å². The van der Waals surface area contributed by atoms with Crippen molar-refractivity contribution in [3.8, 4) is 11.5 Å². The van der Waals surface area contributed by atoms with Crippen molar-refractivity contribution in [3.05, 3.63) is 58.1 Å². The Labute approximate surface area is 115 Å². The van der Waals surface area contributed by atoms with E-state index in [2.05, 4.69) is 15.9 Å². The molecule has 0 aromatic heterocycles. The van der Waals surface area contributed by atoms with Gasteiger partial charge in [0.2, 0.25) is 0 Å². The van der Waals surface area contributed by atoms with Gasteiger partial charge < -0.3 is 9.84 Å². The molecule has 0 saturated heterocycles. The van der Waals surface area contributed by atoms with Crippen LogP contribution in [0.1, 0.15) is 24.2 Å². The lowest BCUT2D eigenvalue weighted by Gasteiger charge is -2.14. The molecule has 0 heterocycles. The van der Waals surface area contributed by atoms with E-state index in [1.165, 1.54) is 0 Å². The Hall–Kier alpha value is -1.32.